The van der Waals surface area contributed by atoms with Crippen molar-refractivity contribution in [3.05, 3.63) is 18.2 Å². The van der Waals surface area contributed by atoms with Crippen LogP contribution in [-0.4, -0.2) is 9.55 Å². The standard InChI is InChI=1S/C21H37N3/c1-2-3-4-5-6-7-8-9-10-11-12-13-14-16-21-23-18-20-24(21)19-15-17-22/h18,20H,2-16,19H2,1H3. The minimum atomic E-state index is 0.571. The van der Waals surface area contributed by atoms with Gasteiger partial charge < -0.3 is 4.57 Å². The minimum Gasteiger partial charge on any atom is -0.334 e. The van der Waals surface area contributed by atoms with Crippen molar-refractivity contribution in [2.24, 2.45) is 0 Å². The number of nitrogens with zero attached hydrogens (tertiary/aromatic N) is 3. The highest BCUT2D eigenvalue weighted by Crippen LogP contribution is 2.13. The predicted molar refractivity (Wildman–Crippen MR) is 102 cm³/mol. The lowest BCUT2D eigenvalue weighted by Gasteiger charge is -2.06. The topological polar surface area (TPSA) is 41.6 Å². The first-order valence-corrected chi connectivity index (χ1v) is 10.3. The molecule has 0 saturated heterocycles. The monoisotopic (exact) mass is 331 g/mol. The molecule has 0 N–H and O–H groups in total. The molecule has 1 aromatic rings. The summed E-state index contributed by atoms with van der Waals surface area (Å²) in [5.41, 5.74) is 0. The first kappa shape index (κ1) is 20.7. The Labute approximate surface area is 149 Å². The van der Waals surface area contributed by atoms with Gasteiger partial charge in [-0.1, -0.05) is 84.0 Å². The molecule has 0 fully saturated rings. The average Bonchev–Trinajstić information content (AvgIpc) is 3.04. The second kappa shape index (κ2) is 15.2. The van der Waals surface area contributed by atoms with Crippen LogP contribution < -0.4 is 0 Å². The molecule has 1 aromatic heterocycles. The molecule has 0 radical (unpaired) electrons. The molecule has 0 aliphatic carbocycles. The highest BCUT2D eigenvalue weighted by atomic mass is 15.1. The number of hydrogen-bond acceptors (Lipinski definition) is 2. The largest absolute Gasteiger partial charge is 0.334 e. The molecule has 0 unspecified atom stereocenters. The number of rotatable bonds is 16. The van der Waals surface area contributed by atoms with Gasteiger partial charge in [0.15, 0.2) is 0 Å². The Hall–Kier alpha value is -1.30. The summed E-state index contributed by atoms with van der Waals surface area (Å²) >= 11 is 0. The van der Waals surface area contributed by atoms with Crippen LogP contribution >= 0.6 is 0 Å². The van der Waals surface area contributed by atoms with E-state index in [4.69, 9.17) is 5.26 Å². The van der Waals surface area contributed by atoms with E-state index in [0.717, 1.165) is 18.8 Å². The third-order valence-corrected chi connectivity index (χ3v) is 4.77. The van der Waals surface area contributed by atoms with Gasteiger partial charge in [0, 0.05) is 25.4 Å². The maximum absolute atomic E-state index is 8.67. The van der Waals surface area contributed by atoms with Crippen molar-refractivity contribution in [1.29, 1.82) is 5.26 Å². The van der Waals surface area contributed by atoms with E-state index in [1.54, 1.807) is 0 Å². The summed E-state index contributed by atoms with van der Waals surface area (Å²) in [5, 5.41) is 8.67. The fourth-order valence-electron chi connectivity index (χ4n) is 3.24. The smallest absolute Gasteiger partial charge is 0.108 e. The Morgan fingerprint density at radius 1 is 0.875 bits per heavy atom. The summed E-state index contributed by atoms with van der Waals surface area (Å²) in [6.07, 6.45) is 23.5. The van der Waals surface area contributed by atoms with Gasteiger partial charge in [0.2, 0.25) is 0 Å². The molecule has 0 atom stereocenters. The molecule has 0 amide bonds. The molecule has 1 rings (SSSR count). The van der Waals surface area contributed by atoms with Crippen molar-refractivity contribution < 1.29 is 0 Å². The molecule has 3 heteroatoms. The fraction of sp³-hybridized carbons (Fsp3) is 0.810. The zero-order chi connectivity index (χ0) is 17.3. The van der Waals surface area contributed by atoms with E-state index < -0.39 is 0 Å². The van der Waals surface area contributed by atoms with Crippen molar-refractivity contribution >= 4 is 0 Å². The Kier molecular flexibility index (Phi) is 13.2. The molecule has 1 heterocycles. The van der Waals surface area contributed by atoms with Crippen molar-refractivity contribution in [1.82, 2.24) is 9.55 Å². The zero-order valence-corrected chi connectivity index (χ0v) is 15.8. The third kappa shape index (κ3) is 10.5. The van der Waals surface area contributed by atoms with Crippen LogP contribution in [0.25, 0.3) is 0 Å². The summed E-state index contributed by atoms with van der Waals surface area (Å²) in [4.78, 5) is 4.42. The molecule has 0 aliphatic rings. The van der Waals surface area contributed by atoms with Crippen LogP contribution in [0.5, 0.6) is 0 Å². The number of unbranched alkanes of at least 4 members (excludes halogenated alkanes) is 12. The van der Waals surface area contributed by atoms with Crippen LogP contribution in [0.4, 0.5) is 0 Å². The van der Waals surface area contributed by atoms with Crippen molar-refractivity contribution in [2.45, 2.75) is 110 Å². The molecule has 24 heavy (non-hydrogen) atoms. The van der Waals surface area contributed by atoms with E-state index in [2.05, 4.69) is 22.5 Å². The summed E-state index contributed by atoms with van der Waals surface area (Å²) in [5.74, 6) is 1.15. The van der Waals surface area contributed by atoms with Crippen LogP contribution in [0.15, 0.2) is 12.4 Å². The Morgan fingerprint density at radius 2 is 1.42 bits per heavy atom. The zero-order valence-electron chi connectivity index (χ0n) is 15.8. The minimum absolute atomic E-state index is 0.571. The summed E-state index contributed by atoms with van der Waals surface area (Å²) < 4.78 is 2.13. The van der Waals surface area contributed by atoms with Crippen LogP contribution in [0, 0.1) is 11.3 Å². The third-order valence-electron chi connectivity index (χ3n) is 4.77. The van der Waals surface area contributed by atoms with Gasteiger partial charge in [0.05, 0.1) is 12.5 Å². The second-order valence-electron chi connectivity index (χ2n) is 6.94. The molecular weight excluding hydrogens is 294 g/mol. The molecule has 0 bridgehead atoms. The van der Waals surface area contributed by atoms with E-state index in [0.29, 0.717) is 6.42 Å². The normalized spacial score (nSPS) is 10.8. The maximum Gasteiger partial charge on any atom is 0.108 e. The first-order valence-electron chi connectivity index (χ1n) is 10.3. The Bertz CT molecular complexity index is 431. The van der Waals surface area contributed by atoms with E-state index in [9.17, 15) is 0 Å². The van der Waals surface area contributed by atoms with E-state index in [1.807, 2.05) is 12.4 Å². The highest BCUT2D eigenvalue weighted by Gasteiger charge is 2.02. The molecular formula is C21H37N3. The maximum atomic E-state index is 8.67. The van der Waals surface area contributed by atoms with Crippen molar-refractivity contribution in [2.75, 3.05) is 0 Å². The molecule has 3 nitrogen and oxygen atoms in total. The van der Waals surface area contributed by atoms with Crippen molar-refractivity contribution in [3.8, 4) is 6.07 Å². The number of aromatic nitrogens is 2. The van der Waals surface area contributed by atoms with E-state index >= 15 is 0 Å². The molecule has 0 aliphatic heterocycles. The van der Waals surface area contributed by atoms with Gasteiger partial charge in [0.1, 0.15) is 5.82 Å². The van der Waals surface area contributed by atoms with Crippen LogP contribution in [0.3, 0.4) is 0 Å². The van der Waals surface area contributed by atoms with Gasteiger partial charge in [0.25, 0.3) is 0 Å². The molecule has 0 spiro atoms. The lowest BCUT2D eigenvalue weighted by atomic mass is 10.0. The Morgan fingerprint density at radius 3 is 1.96 bits per heavy atom. The predicted octanol–water partition coefficient (Wildman–Crippen LogP) is 6.43. The SMILES string of the molecule is CCCCCCCCCCCCCCCc1nccn1CCC#N. The molecule has 0 saturated carbocycles. The van der Waals surface area contributed by atoms with Crippen LogP contribution in [-0.2, 0) is 13.0 Å². The van der Waals surface area contributed by atoms with Gasteiger partial charge in [-0.05, 0) is 6.42 Å². The lowest BCUT2D eigenvalue weighted by molar-refractivity contribution is 0.535. The van der Waals surface area contributed by atoms with Gasteiger partial charge in [-0.2, -0.15) is 5.26 Å². The first-order chi connectivity index (χ1) is 11.9. The number of nitriles is 1. The summed E-state index contributed by atoms with van der Waals surface area (Å²) in [7, 11) is 0. The second-order valence-corrected chi connectivity index (χ2v) is 6.94. The fourth-order valence-corrected chi connectivity index (χ4v) is 3.24. The number of imidazole rings is 1. The highest BCUT2D eigenvalue weighted by molar-refractivity contribution is 4.93. The number of hydrogen-bond donors (Lipinski definition) is 0. The van der Waals surface area contributed by atoms with Crippen LogP contribution in [0.1, 0.15) is 103 Å². The van der Waals surface area contributed by atoms with Crippen molar-refractivity contribution in [3.63, 3.8) is 0 Å². The Balaban J connectivity index is 1.87. The van der Waals surface area contributed by atoms with E-state index in [-0.39, 0.29) is 0 Å². The van der Waals surface area contributed by atoms with Gasteiger partial charge in [-0.3, -0.25) is 0 Å². The summed E-state index contributed by atoms with van der Waals surface area (Å²) in [6.45, 7) is 3.06. The quantitative estimate of drug-likeness (QED) is 0.327. The summed E-state index contributed by atoms with van der Waals surface area (Å²) in [6, 6.07) is 2.20. The van der Waals surface area contributed by atoms with Gasteiger partial charge in [-0.15, -0.1) is 0 Å². The van der Waals surface area contributed by atoms with E-state index in [1.165, 1.54) is 83.5 Å². The molecule has 0 aromatic carbocycles. The lowest BCUT2D eigenvalue weighted by Crippen LogP contribution is -2.02. The number of aryl methyl sites for hydroxylation is 2. The van der Waals surface area contributed by atoms with Gasteiger partial charge >= 0.3 is 0 Å². The van der Waals surface area contributed by atoms with Crippen LogP contribution in [0.2, 0.25) is 0 Å². The van der Waals surface area contributed by atoms with Gasteiger partial charge in [-0.25, -0.2) is 4.98 Å². The average molecular weight is 332 g/mol. The molecule has 136 valence electrons.